The van der Waals surface area contributed by atoms with Crippen LogP contribution < -0.4 is 19.9 Å². The Kier molecular flexibility index (Phi) is 6.34. The van der Waals surface area contributed by atoms with E-state index in [0.717, 1.165) is 49.9 Å². The second-order valence-electron chi connectivity index (χ2n) is 7.09. The molecule has 0 aliphatic carbocycles. The number of piperazine rings is 1. The number of amides is 1. The van der Waals surface area contributed by atoms with Gasteiger partial charge in [-0.3, -0.25) is 4.79 Å². The third-order valence-corrected chi connectivity index (χ3v) is 5.08. The van der Waals surface area contributed by atoms with E-state index in [1.807, 2.05) is 39.0 Å². The maximum Gasteiger partial charge on any atom is 0.270 e. The summed E-state index contributed by atoms with van der Waals surface area (Å²) in [6.07, 6.45) is 0.883. The number of hydrogen-bond acceptors (Lipinski definition) is 6. The number of nitrogens with one attached hydrogen (secondary N) is 1. The lowest BCUT2D eigenvalue weighted by Crippen LogP contribution is -2.47. The van der Waals surface area contributed by atoms with Crippen molar-refractivity contribution < 1.29 is 9.53 Å². The van der Waals surface area contributed by atoms with E-state index in [0.29, 0.717) is 11.5 Å². The van der Waals surface area contributed by atoms with E-state index in [1.54, 1.807) is 13.2 Å². The first-order valence-corrected chi connectivity index (χ1v) is 9.81. The Morgan fingerprint density at radius 2 is 1.86 bits per heavy atom. The van der Waals surface area contributed by atoms with Crippen LogP contribution in [0.5, 0.6) is 5.75 Å². The standard InChI is InChI=1S/C21H29N5O2/c1-5-15(2)22-21(27)17-14-20(24-16(3)23-17)26-12-10-25(11-13-26)18-8-6-7-9-19(18)28-4/h6-9,14-15H,5,10-13H2,1-4H3,(H,22,27). The van der Waals surface area contributed by atoms with Crippen LogP contribution in [0.2, 0.25) is 0 Å². The normalized spacial score (nSPS) is 15.3. The molecule has 1 aromatic carbocycles. The molecule has 0 saturated carbocycles. The summed E-state index contributed by atoms with van der Waals surface area (Å²) >= 11 is 0. The fraction of sp³-hybridized carbons (Fsp3) is 0.476. The summed E-state index contributed by atoms with van der Waals surface area (Å²) in [6, 6.07) is 9.99. The quantitative estimate of drug-likeness (QED) is 0.827. The van der Waals surface area contributed by atoms with Crippen LogP contribution in [0.3, 0.4) is 0 Å². The zero-order valence-corrected chi connectivity index (χ0v) is 17.1. The molecule has 7 nitrogen and oxygen atoms in total. The van der Waals surface area contributed by atoms with Crippen molar-refractivity contribution in [2.24, 2.45) is 0 Å². The molecule has 7 heteroatoms. The van der Waals surface area contributed by atoms with Crippen LogP contribution in [0.25, 0.3) is 0 Å². The minimum atomic E-state index is -0.145. The Bertz CT molecular complexity index is 818. The minimum absolute atomic E-state index is 0.121. The molecule has 3 rings (SSSR count). The molecule has 0 spiro atoms. The molecule has 150 valence electrons. The number of ether oxygens (including phenoxy) is 1. The van der Waals surface area contributed by atoms with Gasteiger partial charge >= 0.3 is 0 Å². The number of carbonyl (C=O) groups is 1. The van der Waals surface area contributed by atoms with E-state index >= 15 is 0 Å². The molecule has 2 aromatic rings. The molecule has 1 atom stereocenters. The summed E-state index contributed by atoms with van der Waals surface area (Å²) in [7, 11) is 1.70. The van der Waals surface area contributed by atoms with Gasteiger partial charge in [0.15, 0.2) is 0 Å². The molecule has 28 heavy (non-hydrogen) atoms. The zero-order valence-electron chi connectivity index (χ0n) is 17.1. The number of para-hydroxylation sites is 2. The number of nitrogens with zero attached hydrogens (tertiary/aromatic N) is 4. The van der Waals surface area contributed by atoms with E-state index in [2.05, 4.69) is 31.2 Å². The molecule has 1 fully saturated rings. The largest absolute Gasteiger partial charge is 0.495 e. The predicted octanol–water partition coefficient (Wildman–Crippen LogP) is 2.65. The summed E-state index contributed by atoms with van der Waals surface area (Å²) in [6.45, 7) is 9.22. The van der Waals surface area contributed by atoms with E-state index in [-0.39, 0.29) is 11.9 Å². The highest BCUT2D eigenvalue weighted by molar-refractivity contribution is 5.93. The van der Waals surface area contributed by atoms with Crippen LogP contribution in [0.15, 0.2) is 30.3 Å². The van der Waals surface area contributed by atoms with Gasteiger partial charge in [-0.1, -0.05) is 19.1 Å². The van der Waals surface area contributed by atoms with Crippen molar-refractivity contribution in [1.82, 2.24) is 15.3 Å². The van der Waals surface area contributed by atoms with E-state index in [4.69, 9.17) is 4.74 Å². The van der Waals surface area contributed by atoms with Gasteiger partial charge in [-0.2, -0.15) is 0 Å². The second-order valence-corrected chi connectivity index (χ2v) is 7.09. The molecule has 1 aromatic heterocycles. The summed E-state index contributed by atoms with van der Waals surface area (Å²) in [5.41, 5.74) is 1.53. The fourth-order valence-corrected chi connectivity index (χ4v) is 3.30. The van der Waals surface area contributed by atoms with Crippen molar-refractivity contribution in [1.29, 1.82) is 0 Å². The Morgan fingerprint density at radius 3 is 2.54 bits per heavy atom. The van der Waals surface area contributed by atoms with Gasteiger partial charge in [-0.25, -0.2) is 9.97 Å². The van der Waals surface area contributed by atoms with Gasteiger partial charge in [-0.15, -0.1) is 0 Å². The van der Waals surface area contributed by atoms with Crippen molar-refractivity contribution in [3.63, 3.8) is 0 Å². The van der Waals surface area contributed by atoms with Crippen LogP contribution in [-0.2, 0) is 0 Å². The molecule has 1 aliphatic heterocycles. The van der Waals surface area contributed by atoms with Crippen LogP contribution in [0.4, 0.5) is 11.5 Å². The maximum atomic E-state index is 12.5. The number of benzene rings is 1. The van der Waals surface area contributed by atoms with Gasteiger partial charge in [0.05, 0.1) is 12.8 Å². The number of carbonyl (C=O) groups excluding carboxylic acids is 1. The highest BCUT2D eigenvalue weighted by atomic mass is 16.5. The number of hydrogen-bond donors (Lipinski definition) is 1. The topological polar surface area (TPSA) is 70.6 Å². The lowest BCUT2D eigenvalue weighted by Gasteiger charge is -2.37. The SMILES string of the molecule is CCC(C)NC(=O)c1cc(N2CCN(c3ccccc3OC)CC2)nc(C)n1. The van der Waals surface area contributed by atoms with Crippen molar-refractivity contribution in [2.75, 3.05) is 43.1 Å². The van der Waals surface area contributed by atoms with Gasteiger partial charge in [-0.05, 0) is 32.4 Å². The summed E-state index contributed by atoms with van der Waals surface area (Å²) in [5, 5.41) is 2.97. The van der Waals surface area contributed by atoms with Gasteiger partial charge in [0, 0.05) is 38.3 Å². The molecular formula is C21H29N5O2. The number of rotatable bonds is 6. The zero-order chi connectivity index (χ0) is 20.1. The molecule has 0 radical (unpaired) electrons. The van der Waals surface area contributed by atoms with Crippen LogP contribution >= 0.6 is 0 Å². The van der Waals surface area contributed by atoms with E-state index in [9.17, 15) is 4.79 Å². The number of methoxy groups -OCH3 is 1. The molecule has 1 N–H and O–H groups in total. The van der Waals surface area contributed by atoms with Crippen LogP contribution in [0, 0.1) is 6.92 Å². The molecule has 1 amide bonds. The smallest absolute Gasteiger partial charge is 0.270 e. The predicted molar refractivity (Wildman–Crippen MR) is 111 cm³/mol. The van der Waals surface area contributed by atoms with Gasteiger partial charge < -0.3 is 19.9 Å². The van der Waals surface area contributed by atoms with Gasteiger partial charge in [0.25, 0.3) is 5.91 Å². The van der Waals surface area contributed by atoms with E-state index in [1.165, 1.54) is 0 Å². The van der Waals surface area contributed by atoms with Gasteiger partial charge in [0.1, 0.15) is 23.1 Å². The van der Waals surface area contributed by atoms with Crippen molar-refractivity contribution in [3.8, 4) is 5.75 Å². The van der Waals surface area contributed by atoms with Crippen molar-refractivity contribution in [2.45, 2.75) is 33.2 Å². The molecule has 0 bridgehead atoms. The fourth-order valence-electron chi connectivity index (χ4n) is 3.30. The first kappa shape index (κ1) is 19.9. The second kappa shape index (κ2) is 8.91. The summed E-state index contributed by atoms with van der Waals surface area (Å²) in [4.78, 5) is 25.9. The lowest BCUT2D eigenvalue weighted by atomic mass is 10.2. The average Bonchev–Trinajstić information content (AvgIpc) is 2.73. The van der Waals surface area contributed by atoms with Crippen LogP contribution in [-0.4, -0.2) is 55.2 Å². The van der Waals surface area contributed by atoms with E-state index < -0.39 is 0 Å². The summed E-state index contributed by atoms with van der Waals surface area (Å²) < 4.78 is 5.49. The Hall–Kier alpha value is -2.83. The highest BCUT2D eigenvalue weighted by Gasteiger charge is 2.22. The van der Waals surface area contributed by atoms with Crippen molar-refractivity contribution >= 4 is 17.4 Å². The Morgan fingerprint density at radius 1 is 1.18 bits per heavy atom. The third kappa shape index (κ3) is 4.52. The molecule has 1 aliphatic rings. The van der Waals surface area contributed by atoms with Gasteiger partial charge in [0.2, 0.25) is 0 Å². The minimum Gasteiger partial charge on any atom is -0.495 e. The van der Waals surface area contributed by atoms with Crippen LogP contribution in [0.1, 0.15) is 36.6 Å². The number of aromatic nitrogens is 2. The molecule has 1 saturated heterocycles. The first-order valence-electron chi connectivity index (χ1n) is 9.81. The molecule has 2 heterocycles. The monoisotopic (exact) mass is 383 g/mol. The number of aryl methyl sites for hydroxylation is 1. The molecular weight excluding hydrogens is 354 g/mol. The first-order chi connectivity index (χ1) is 13.5. The number of anilines is 2. The Labute approximate surface area is 166 Å². The summed E-state index contributed by atoms with van der Waals surface area (Å²) in [5.74, 6) is 2.16. The maximum absolute atomic E-state index is 12.5. The highest BCUT2D eigenvalue weighted by Crippen LogP contribution is 2.29. The van der Waals surface area contributed by atoms with Crippen molar-refractivity contribution in [3.05, 3.63) is 41.9 Å². The molecule has 1 unspecified atom stereocenters. The lowest BCUT2D eigenvalue weighted by molar-refractivity contribution is 0.0934. The Balaban J connectivity index is 1.71. The average molecular weight is 383 g/mol. The third-order valence-electron chi connectivity index (χ3n) is 5.08.